The van der Waals surface area contributed by atoms with Crippen LogP contribution in [0.1, 0.15) is 60.9 Å². The number of nitrogens with zero attached hydrogens (tertiary/aromatic N) is 4. The molecule has 51 heavy (non-hydrogen) atoms. The molecule has 0 aliphatic carbocycles. The van der Waals surface area contributed by atoms with Crippen LogP contribution in [-0.2, 0) is 28.9 Å². The molecule has 0 fully saturated rings. The molecule has 4 amide bonds. The number of aliphatic imine (C=N–C) groups is 1. The average Bonchev–Trinajstić information content (AvgIpc) is 3.83. The van der Waals surface area contributed by atoms with E-state index in [1.165, 1.54) is 28.0 Å². The third kappa shape index (κ3) is 13.7. The van der Waals surface area contributed by atoms with E-state index in [1.54, 1.807) is 18.7 Å². The summed E-state index contributed by atoms with van der Waals surface area (Å²) >= 11 is 3.07. The van der Waals surface area contributed by atoms with Gasteiger partial charge in [0.15, 0.2) is 0 Å². The van der Waals surface area contributed by atoms with Gasteiger partial charge in [0.05, 0.1) is 40.7 Å². The number of thioether (sulfide) groups is 1. The summed E-state index contributed by atoms with van der Waals surface area (Å²) in [6.45, 7) is 5.19. The number of hydrogen-bond donors (Lipinski definition) is 4. The summed E-state index contributed by atoms with van der Waals surface area (Å²) in [5.41, 5.74) is 4.54. The molecule has 272 valence electrons. The van der Waals surface area contributed by atoms with Crippen molar-refractivity contribution >= 4 is 46.7 Å². The van der Waals surface area contributed by atoms with Crippen LogP contribution in [0.25, 0.3) is 0 Å². The molecule has 1 aliphatic heterocycles. The number of aliphatic hydroxyl groups excluding tert-OH is 1. The fourth-order valence-corrected chi connectivity index (χ4v) is 6.98. The molecule has 0 bridgehead atoms. The van der Waals surface area contributed by atoms with Crippen LogP contribution in [0.3, 0.4) is 0 Å². The van der Waals surface area contributed by atoms with E-state index >= 15 is 0 Å². The van der Waals surface area contributed by atoms with Crippen LogP contribution < -0.4 is 16.0 Å². The highest BCUT2D eigenvalue weighted by Crippen LogP contribution is 2.20. The van der Waals surface area contributed by atoms with Crippen molar-refractivity contribution in [2.24, 2.45) is 4.99 Å². The van der Waals surface area contributed by atoms with Gasteiger partial charge in [0.1, 0.15) is 18.8 Å². The number of ether oxygens (including phenoxy) is 1. The number of aromatic nitrogens is 1. The van der Waals surface area contributed by atoms with Crippen molar-refractivity contribution in [3.05, 3.63) is 87.9 Å². The Labute approximate surface area is 308 Å². The molecule has 0 saturated heterocycles. The third-order valence-corrected chi connectivity index (χ3v) is 10.4. The van der Waals surface area contributed by atoms with E-state index in [0.29, 0.717) is 32.2 Å². The number of nitrogens with one attached hydrogen (secondary N) is 3. The zero-order valence-electron chi connectivity index (χ0n) is 29.2. The number of amides is 4. The number of alkyl carbamates (subject to hydrolysis) is 1. The Balaban J connectivity index is 1.45. The highest BCUT2D eigenvalue weighted by atomic mass is 32.2. The van der Waals surface area contributed by atoms with Gasteiger partial charge >= 0.3 is 12.1 Å². The molecule has 3 aromatic rings. The molecule has 2 heterocycles. The van der Waals surface area contributed by atoms with E-state index in [1.807, 2.05) is 66.0 Å². The lowest BCUT2D eigenvalue weighted by Crippen LogP contribution is -2.53. The Hall–Kier alpha value is -4.45. The first-order chi connectivity index (χ1) is 24.6. The summed E-state index contributed by atoms with van der Waals surface area (Å²) in [4.78, 5) is 50.2. The second kappa shape index (κ2) is 20.4. The van der Waals surface area contributed by atoms with Crippen LogP contribution in [0.4, 0.5) is 9.59 Å². The van der Waals surface area contributed by atoms with Gasteiger partial charge < -0.3 is 30.7 Å². The van der Waals surface area contributed by atoms with Crippen LogP contribution in [0.5, 0.6) is 0 Å². The fraction of sp³-hybridized carbons (Fsp3) is 0.459. The maximum absolute atomic E-state index is 13.8. The van der Waals surface area contributed by atoms with Crippen LogP contribution in [-0.4, -0.2) is 88.2 Å². The molecule has 2 aromatic carbocycles. The summed E-state index contributed by atoms with van der Waals surface area (Å²) in [5.74, 6) is -0.257. The molecule has 0 spiro atoms. The summed E-state index contributed by atoms with van der Waals surface area (Å²) in [6.07, 6.45) is -0.238. The molecule has 4 N–H and O–H groups in total. The number of aliphatic hydroxyl groups is 1. The molecule has 5 unspecified atom stereocenters. The van der Waals surface area contributed by atoms with Gasteiger partial charge in [-0.2, -0.15) is 5.26 Å². The number of benzene rings is 2. The lowest BCUT2D eigenvalue weighted by Gasteiger charge is -2.27. The maximum Gasteiger partial charge on any atom is 0.407 e. The maximum atomic E-state index is 13.8. The lowest BCUT2D eigenvalue weighted by molar-refractivity contribution is -0.124. The predicted octanol–water partition coefficient (Wildman–Crippen LogP) is 5.04. The number of nitriles is 1. The Morgan fingerprint density at radius 2 is 1.63 bits per heavy atom. The minimum absolute atomic E-state index is 0.103. The van der Waals surface area contributed by atoms with Gasteiger partial charge in [-0.3, -0.25) is 9.79 Å². The van der Waals surface area contributed by atoms with Crippen molar-refractivity contribution in [3.8, 4) is 6.07 Å². The highest BCUT2D eigenvalue weighted by Gasteiger charge is 2.28. The van der Waals surface area contributed by atoms with Crippen molar-refractivity contribution in [1.82, 2.24) is 25.8 Å². The number of hydrogen-bond acceptors (Lipinski definition) is 10. The fourth-order valence-electron chi connectivity index (χ4n) is 5.50. The number of carbonyl (C=O) groups is 3. The first-order valence-corrected chi connectivity index (χ1v) is 18.9. The van der Waals surface area contributed by atoms with Crippen LogP contribution in [0, 0.1) is 11.3 Å². The Morgan fingerprint density at radius 1 is 1.00 bits per heavy atom. The average molecular weight is 734 g/mol. The van der Waals surface area contributed by atoms with Crippen molar-refractivity contribution < 1.29 is 24.2 Å². The molecule has 1 aromatic heterocycles. The van der Waals surface area contributed by atoms with E-state index in [4.69, 9.17) is 4.74 Å². The van der Waals surface area contributed by atoms with Crippen molar-refractivity contribution in [3.63, 3.8) is 0 Å². The minimum atomic E-state index is -1.47. The van der Waals surface area contributed by atoms with Crippen LogP contribution in [0.2, 0.25) is 0 Å². The standard InChI is InChI=1S/C37H47N7O5S2/c1-25(2)35-41-30(23-50-35)21-44(3)36(47)43-33(18-31(45)19-38)34(46)40-28(16-26-10-6-4-7-11-26)14-15-29(17-27-12-8-5-9-13-27)42-37(48)49-22-32-20-39-24-51-32/h4-13,23-25,28-29,31-33,45H,14-18,20-22H2,1-3H3,(H,40,46)(H,42,48)(H,43,47). The summed E-state index contributed by atoms with van der Waals surface area (Å²) in [5, 5.41) is 31.4. The summed E-state index contributed by atoms with van der Waals surface area (Å²) in [6, 6.07) is 18.9. The van der Waals surface area contributed by atoms with Gasteiger partial charge in [0.2, 0.25) is 5.91 Å². The molecule has 1 aliphatic rings. The topological polar surface area (TPSA) is 169 Å². The largest absolute Gasteiger partial charge is 0.448 e. The highest BCUT2D eigenvalue weighted by molar-refractivity contribution is 8.12. The second-order valence-electron chi connectivity index (χ2n) is 12.9. The molecule has 0 radical (unpaired) electrons. The molecule has 14 heteroatoms. The van der Waals surface area contributed by atoms with E-state index < -0.39 is 36.2 Å². The number of rotatable bonds is 18. The minimum Gasteiger partial charge on any atom is -0.448 e. The Bertz CT molecular complexity index is 1610. The van der Waals surface area contributed by atoms with Gasteiger partial charge in [-0.15, -0.1) is 23.1 Å². The Morgan fingerprint density at radius 3 is 2.18 bits per heavy atom. The van der Waals surface area contributed by atoms with Crippen molar-refractivity contribution in [2.75, 3.05) is 20.2 Å². The zero-order chi connectivity index (χ0) is 36.6. The quantitative estimate of drug-likeness (QED) is 0.132. The van der Waals surface area contributed by atoms with E-state index in [0.717, 1.165) is 21.8 Å². The van der Waals surface area contributed by atoms with Crippen molar-refractivity contribution in [2.45, 2.75) is 87.9 Å². The van der Waals surface area contributed by atoms with E-state index in [9.17, 15) is 24.8 Å². The van der Waals surface area contributed by atoms with Crippen molar-refractivity contribution in [1.29, 1.82) is 5.26 Å². The molecule has 12 nitrogen and oxygen atoms in total. The smallest absolute Gasteiger partial charge is 0.407 e. The molecular formula is C37H47N7O5S2. The van der Waals surface area contributed by atoms with Gasteiger partial charge in [0, 0.05) is 36.9 Å². The van der Waals surface area contributed by atoms with Gasteiger partial charge in [-0.1, -0.05) is 74.5 Å². The normalized spacial score (nSPS) is 16.0. The first kappa shape index (κ1) is 39.3. The predicted molar refractivity (Wildman–Crippen MR) is 201 cm³/mol. The van der Waals surface area contributed by atoms with E-state index in [2.05, 4.69) is 39.8 Å². The Kier molecular flexibility index (Phi) is 15.7. The lowest BCUT2D eigenvalue weighted by atomic mass is 9.95. The number of carbonyl (C=O) groups excluding carboxylic acids is 3. The van der Waals surface area contributed by atoms with E-state index in [-0.39, 0.29) is 36.8 Å². The van der Waals surface area contributed by atoms with Gasteiger partial charge in [-0.25, -0.2) is 14.6 Å². The molecule has 4 rings (SSSR count). The molecule has 5 atom stereocenters. The number of urea groups is 1. The number of thiazole rings is 1. The monoisotopic (exact) mass is 733 g/mol. The summed E-state index contributed by atoms with van der Waals surface area (Å²) in [7, 11) is 1.60. The summed E-state index contributed by atoms with van der Waals surface area (Å²) < 4.78 is 5.53. The van der Waals surface area contributed by atoms with Crippen LogP contribution in [0.15, 0.2) is 71.0 Å². The zero-order valence-corrected chi connectivity index (χ0v) is 30.9. The molecule has 0 saturated carbocycles. The SMILES string of the molecule is CC(C)c1nc(CN(C)C(=O)NC(CC(O)C#N)C(=O)NC(CCC(Cc2ccccc2)NC(=O)OCC2CN=CS2)Cc2ccccc2)cs1. The second-order valence-corrected chi connectivity index (χ2v) is 14.9. The third-order valence-electron chi connectivity index (χ3n) is 8.25. The van der Waals surface area contributed by atoms with Crippen LogP contribution >= 0.6 is 23.1 Å². The first-order valence-electron chi connectivity index (χ1n) is 17.1. The molecular weight excluding hydrogens is 687 g/mol. The van der Waals surface area contributed by atoms with Gasteiger partial charge in [0.25, 0.3) is 0 Å². The van der Waals surface area contributed by atoms with Gasteiger partial charge in [-0.05, 0) is 36.8 Å².